The van der Waals surface area contributed by atoms with Crippen molar-refractivity contribution in [1.82, 2.24) is 9.97 Å². The summed E-state index contributed by atoms with van der Waals surface area (Å²) >= 11 is 1.62. The molecular weight excluding hydrogens is 264 g/mol. The van der Waals surface area contributed by atoms with E-state index in [1.54, 1.807) is 18.3 Å². The summed E-state index contributed by atoms with van der Waals surface area (Å²) in [6.45, 7) is 4.29. The van der Waals surface area contributed by atoms with E-state index in [1.807, 2.05) is 12.3 Å². The van der Waals surface area contributed by atoms with Crippen LogP contribution in [0.15, 0.2) is 17.6 Å². The highest BCUT2D eigenvalue weighted by Gasteiger charge is 2.11. The van der Waals surface area contributed by atoms with Gasteiger partial charge in [0, 0.05) is 30.1 Å². The smallest absolute Gasteiger partial charge is 0.277 e. The Labute approximate surface area is 114 Å². The second-order valence-corrected chi connectivity index (χ2v) is 5.21. The summed E-state index contributed by atoms with van der Waals surface area (Å²) < 4.78 is 0. The van der Waals surface area contributed by atoms with Crippen LogP contribution in [-0.2, 0) is 6.42 Å². The van der Waals surface area contributed by atoms with E-state index in [0.717, 1.165) is 17.1 Å². The van der Waals surface area contributed by atoms with E-state index in [4.69, 9.17) is 0 Å². The van der Waals surface area contributed by atoms with Crippen molar-refractivity contribution < 1.29 is 4.92 Å². The Bertz CT molecular complexity index is 597. The first-order chi connectivity index (χ1) is 9.06. The minimum atomic E-state index is -0.397. The van der Waals surface area contributed by atoms with Crippen molar-refractivity contribution in [2.24, 2.45) is 0 Å². The van der Waals surface area contributed by atoms with E-state index in [9.17, 15) is 10.1 Å². The molecule has 6 nitrogen and oxygen atoms in total. The van der Waals surface area contributed by atoms with Crippen LogP contribution in [0.2, 0.25) is 0 Å². The summed E-state index contributed by atoms with van der Waals surface area (Å²) in [5.41, 5.74) is 1.67. The summed E-state index contributed by atoms with van der Waals surface area (Å²) in [5, 5.41) is 16.9. The number of aromatic nitrogens is 2. The first-order valence-corrected chi connectivity index (χ1v) is 6.70. The van der Waals surface area contributed by atoms with Crippen LogP contribution in [0.25, 0.3) is 0 Å². The predicted octanol–water partition coefficient (Wildman–Crippen LogP) is 2.72. The van der Waals surface area contributed by atoms with Gasteiger partial charge in [0.15, 0.2) is 0 Å². The number of rotatable bonds is 5. The maximum absolute atomic E-state index is 10.8. The number of pyridine rings is 1. The molecule has 0 aliphatic carbocycles. The first kappa shape index (κ1) is 13.4. The van der Waals surface area contributed by atoms with Gasteiger partial charge in [-0.2, -0.15) is 0 Å². The maximum atomic E-state index is 10.8. The second kappa shape index (κ2) is 5.75. The number of hydrogen-bond donors (Lipinski definition) is 1. The van der Waals surface area contributed by atoms with Crippen molar-refractivity contribution in [2.75, 3.05) is 11.9 Å². The van der Waals surface area contributed by atoms with Crippen molar-refractivity contribution in [3.05, 3.63) is 44.0 Å². The minimum Gasteiger partial charge on any atom is -0.369 e. The molecule has 2 aromatic rings. The molecule has 2 rings (SSSR count). The summed E-state index contributed by atoms with van der Waals surface area (Å²) in [5.74, 6) is 0.518. The van der Waals surface area contributed by atoms with Gasteiger partial charge >= 0.3 is 0 Å². The lowest BCUT2D eigenvalue weighted by Gasteiger charge is -2.05. The zero-order valence-corrected chi connectivity index (χ0v) is 11.5. The second-order valence-electron chi connectivity index (χ2n) is 4.15. The Morgan fingerprint density at radius 3 is 2.89 bits per heavy atom. The molecule has 0 spiro atoms. The molecule has 0 aromatic carbocycles. The Hall–Kier alpha value is -2.02. The number of hydrogen-bond acceptors (Lipinski definition) is 6. The highest BCUT2D eigenvalue weighted by Crippen LogP contribution is 2.19. The molecule has 1 N–H and O–H groups in total. The molecule has 19 heavy (non-hydrogen) atoms. The van der Waals surface area contributed by atoms with Gasteiger partial charge in [0.1, 0.15) is 5.82 Å². The van der Waals surface area contributed by atoms with Gasteiger partial charge in [-0.3, -0.25) is 10.1 Å². The van der Waals surface area contributed by atoms with Crippen LogP contribution in [-0.4, -0.2) is 21.4 Å². The molecule has 0 radical (unpaired) electrons. The van der Waals surface area contributed by atoms with Crippen LogP contribution in [0.1, 0.15) is 16.3 Å². The Morgan fingerprint density at radius 2 is 2.26 bits per heavy atom. The molecule has 2 aromatic heterocycles. The van der Waals surface area contributed by atoms with Gasteiger partial charge in [-0.1, -0.05) is 0 Å². The van der Waals surface area contributed by atoms with Crippen LogP contribution in [0.3, 0.4) is 0 Å². The molecule has 7 heteroatoms. The fourth-order valence-electron chi connectivity index (χ4n) is 1.65. The number of anilines is 1. The van der Waals surface area contributed by atoms with Crippen LogP contribution < -0.4 is 5.32 Å². The Balaban J connectivity index is 1.96. The van der Waals surface area contributed by atoms with E-state index >= 15 is 0 Å². The lowest BCUT2D eigenvalue weighted by Crippen LogP contribution is -2.07. The molecule has 0 bridgehead atoms. The molecule has 0 aliphatic rings. The molecular formula is C12H14N4O2S. The fourth-order valence-corrected chi connectivity index (χ4v) is 2.30. The quantitative estimate of drug-likeness (QED) is 0.671. The third-order valence-electron chi connectivity index (χ3n) is 2.63. The minimum absolute atomic E-state index is 0.0852. The predicted molar refractivity (Wildman–Crippen MR) is 74.7 cm³/mol. The third-order valence-corrected chi connectivity index (χ3v) is 3.45. The summed E-state index contributed by atoms with van der Waals surface area (Å²) in [6, 6.07) is 1.46. The van der Waals surface area contributed by atoms with E-state index in [2.05, 4.69) is 15.3 Å². The monoisotopic (exact) mass is 278 g/mol. The van der Waals surface area contributed by atoms with Crippen LogP contribution >= 0.6 is 11.3 Å². The lowest BCUT2D eigenvalue weighted by atomic mass is 10.2. The fraction of sp³-hybridized carbons (Fsp3) is 0.333. The standard InChI is InChI=1S/C12H14N4O2S/c1-8-6-14-12(5-11(8)16(17)18)13-4-3-10-7-19-9(2)15-10/h5-7H,3-4H2,1-2H3,(H,13,14). The summed E-state index contributed by atoms with van der Waals surface area (Å²) in [6.07, 6.45) is 2.28. The molecule has 2 heterocycles. The van der Waals surface area contributed by atoms with Gasteiger partial charge in [0.25, 0.3) is 5.69 Å². The lowest BCUT2D eigenvalue weighted by molar-refractivity contribution is -0.385. The summed E-state index contributed by atoms with van der Waals surface area (Å²) in [4.78, 5) is 18.9. The van der Waals surface area contributed by atoms with Gasteiger partial charge in [-0.15, -0.1) is 11.3 Å². The van der Waals surface area contributed by atoms with Crippen molar-refractivity contribution in [2.45, 2.75) is 20.3 Å². The highest BCUT2D eigenvalue weighted by atomic mass is 32.1. The first-order valence-electron chi connectivity index (χ1n) is 5.82. The van der Waals surface area contributed by atoms with Crippen molar-refractivity contribution in [3.63, 3.8) is 0 Å². The van der Waals surface area contributed by atoms with Gasteiger partial charge in [-0.05, 0) is 13.8 Å². The maximum Gasteiger partial charge on any atom is 0.277 e. The topological polar surface area (TPSA) is 81.0 Å². The van der Waals surface area contributed by atoms with Crippen LogP contribution in [0.5, 0.6) is 0 Å². The van der Waals surface area contributed by atoms with Crippen LogP contribution in [0.4, 0.5) is 11.5 Å². The third kappa shape index (κ3) is 3.47. The zero-order valence-electron chi connectivity index (χ0n) is 10.7. The molecule has 0 aliphatic heterocycles. The molecule has 0 unspecified atom stereocenters. The number of nitrogens with one attached hydrogen (secondary N) is 1. The molecule has 0 atom stereocenters. The van der Waals surface area contributed by atoms with Crippen LogP contribution in [0, 0.1) is 24.0 Å². The molecule has 100 valence electrons. The molecule has 0 saturated carbocycles. The largest absolute Gasteiger partial charge is 0.369 e. The van der Waals surface area contributed by atoms with Gasteiger partial charge in [0.05, 0.1) is 21.7 Å². The zero-order chi connectivity index (χ0) is 13.8. The van der Waals surface area contributed by atoms with Crippen molar-refractivity contribution in [3.8, 4) is 0 Å². The highest BCUT2D eigenvalue weighted by molar-refractivity contribution is 7.09. The number of nitro groups is 1. The van der Waals surface area contributed by atoms with Gasteiger partial charge < -0.3 is 5.32 Å². The number of thiazole rings is 1. The number of aryl methyl sites for hydroxylation is 2. The molecule has 0 amide bonds. The molecule has 0 saturated heterocycles. The number of nitrogens with zero attached hydrogens (tertiary/aromatic N) is 3. The van der Waals surface area contributed by atoms with Gasteiger partial charge in [-0.25, -0.2) is 9.97 Å². The normalized spacial score (nSPS) is 10.4. The van der Waals surface area contributed by atoms with E-state index < -0.39 is 4.92 Å². The Morgan fingerprint density at radius 1 is 1.47 bits per heavy atom. The summed E-state index contributed by atoms with van der Waals surface area (Å²) in [7, 11) is 0. The average Bonchev–Trinajstić information content (AvgIpc) is 2.77. The van der Waals surface area contributed by atoms with Gasteiger partial charge in [0.2, 0.25) is 0 Å². The molecule has 0 fully saturated rings. The Kier molecular flexibility index (Phi) is 4.06. The van der Waals surface area contributed by atoms with Crippen molar-refractivity contribution in [1.29, 1.82) is 0 Å². The van der Waals surface area contributed by atoms with Crippen molar-refractivity contribution >= 4 is 22.8 Å². The SMILES string of the molecule is Cc1nc(CCNc2cc([N+](=O)[O-])c(C)cn2)cs1. The average molecular weight is 278 g/mol. The van der Waals surface area contributed by atoms with E-state index in [1.165, 1.54) is 12.3 Å². The van der Waals surface area contributed by atoms with E-state index in [0.29, 0.717) is 17.9 Å². The van der Waals surface area contributed by atoms with E-state index in [-0.39, 0.29) is 5.69 Å².